The average Bonchev–Trinajstić information content (AvgIpc) is 2.85. The van der Waals surface area contributed by atoms with Crippen LogP contribution in [0.2, 0.25) is 0 Å². The maximum absolute atomic E-state index is 4.46. The lowest BCUT2D eigenvalue weighted by Gasteiger charge is -2.13. The molecule has 1 aromatic rings. The van der Waals surface area contributed by atoms with E-state index < -0.39 is 0 Å². The lowest BCUT2D eigenvalue weighted by Crippen LogP contribution is -2.16. The fourth-order valence-electron chi connectivity index (χ4n) is 2.71. The van der Waals surface area contributed by atoms with Gasteiger partial charge in [-0.1, -0.05) is 20.3 Å². The van der Waals surface area contributed by atoms with Crippen LogP contribution in [0.15, 0.2) is 6.20 Å². The van der Waals surface area contributed by atoms with E-state index in [1.54, 1.807) is 0 Å². The molecule has 2 unspecified atom stereocenters. The number of anilines is 1. The van der Waals surface area contributed by atoms with E-state index in [4.69, 9.17) is 0 Å². The zero-order valence-electron chi connectivity index (χ0n) is 10.7. The smallest absolute Gasteiger partial charge is 0.0853 e. The molecule has 16 heavy (non-hydrogen) atoms. The zero-order valence-corrected chi connectivity index (χ0v) is 10.7. The van der Waals surface area contributed by atoms with Crippen molar-refractivity contribution in [1.29, 1.82) is 0 Å². The highest BCUT2D eigenvalue weighted by Crippen LogP contribution is 2.30. The molecule has 1 fully saturated rings. The first-order valence-corrected chi connectivity index (χ1v) is 6.52. The van der Waals surface area contributed by atoms with E-state index in [1.165, 1.54) is 37.1 Å². The second-order valence-corrected chi connectivity index (χ2v) is 4.95. The number of hydrogen-bond acceptors (Lipinski definition) is 2. The molecule has 0 spiro atoms. The van der Waals surface area contributed by atoms with Gasteiger partial charge in [-0.05, 0) is 31.6 Å². The van der Waals surface area contributed by atoms with Gasteiger partial charge in [0.15, 0.2) is 0 Å². The van der Waals surface area contributed by atoms with Crippen LogP contribution in [-0.4, -0.2) is 15.8 Å². The predicted octanol–water partition coefficient (Wildman–Crippen LogP) is 2.97. The van der Waals surface area contributed by atoms with Gasteiger partial charge in [0.2, 0.25) is 0 Å². The Labute approximate surface area is 98.2 Å². The van der Waals surface area contributed by atoms with Gasteiger partial charge in [-0.3, -0.25) is 4.68 Å². The van der Waals surface area contributed by atoms with E-state index >= 15 is 0 Å². The summed E-state index contributed by atoms with van der Waals surface area (Å²) in [4.78, 5) is 0. The van der Waals surface area contributed by atoms with Crippen molar-refractivity contribution in [3.63, 3.8) is 0 Å². The highest BCUT2D eigenvalue weighted by Gasteiger charge is 2.23. The SMILES string of the molecule is CCc1nn(C)cc1NC1CCC(CC)C1. The van der Waals surface area contributed by atoms with E-state index in [9.17, 15) is 0 Å². The molecule has 0 aliphatic heterocycles. The van der Waals surface area contributed by atoms with Crippen molar-refractivity contribution in [3.8, 4) is 0 Å². The summed E-state index contributed by atoms with van der Waals surface area (Å²) in [7, 11) is 1.99. The van der Waals surface area contributed by atoms with Gasteiger partial charge < -0.3 is 5.32 Å². The quantitative estimate of drug-likeness (QED) is 0.847. The van der Waals surface area contributed by atoms with Crippen LogP contribution in [0.5, 0.6) is 0 Å². The van der Waals surface area contributed by atoms with Crippen LogP contribution in [0.25, 0.3) is 0 Å². The molecule has 2 atom stereocenters. The first-order chi connectivity index (χ1) is 7.72. The fraction of sp³-hybridized carbons (Fsp3) is 0.769. The van der Waals surface area contributed by atoms with Gasteiger partial charge in [-0.2, -0.15) is 5.10 Å². The molecule has 0 bridgehead atoms. The molecule has 0 radical (unpaired) electrons. The molecule has 1 N–H and O–H groups in total. The van der Waals surface area contributed by atoms with E-state index in [0.717, 1.165) is 12.3 Å². The summed E-state index contributed by atoms with van der Waals surface area (Å²) in [5.74, 6) is 0.930. The third-order valence-corrected chi connectivity index (χ3v) is 3.72. The molecule has 1 heterocycles. The number of hydrogen-bond donors (Lipinski definition) is 1. The second-order valence-electron chi connectivity index (χ2n) is 4.95. The molecule has 1 aliphatic rings. The van der Waals surface area contributed by atoms with Gasteiger partial charge >= 0.3 is 0 Å². The minimum atomic E-state index is 0.666. The van der Waals surface area contributed by atoms with Gasteiger partial charge in [0.05, 0.1) is 11.4 Å². The Morgan fingerprint density at radius 3 is 2.88 bits per heavy atom. The third kappa shape index (κ3) is 2.39. The molecule has 3 heteroatoms. The molecule has 1 aliphatic carbocycles. The minimum absolute atomic E-state index is 0.666. The first-order valence-electron chi connectivity index (χ1n) is 6.52. The number of aromatic nitrogens is 2. The summed E-state index contributed by atoms with van der Waals surface area (Å²) in [6.07, 6.45) is 8.47. The minimum Gasteiger partial charge on any atom is -0.380 e. The maximum Gasteiger partial charge on any atom is 0.0853 e. The van der Waals surface area contributed by atoms with Crippen molar-refractivity contribution >= 4 is 5.69 Å². The number of nitrogens with zero attached hydrogens (tertiary/aromatic N) is 2. The molecule has 0 amide bonds. The Kier molecular flexibility index (Phi) is 3.52. The molecule has 90 valence electrons. The lowest BCUT2D eigenvalue weighted by molar-refractivity contribution is 0.525. The second kappa shape index (κ2) is 4.89. The van der Waals surface area contributed by atoms with Crippen LogP contribution in [0.3, 0.4) is 0 Å². The summed E-state index contributed by atoms with van der Waals surface area (Å²) >= 11 is 0. The van der Waals surface area contributed by atoms with Gasteiger partial charge in [0, 0.05) is 19.3 Å². The van der Waals surface area contributed by atoms with Crippen LogP contribution in [0.4, 0.5) is 5.69 Å². The molecule has 2 rings (SSSR count). The summed E-state index contributed by atoms with van der Waals surface area (Å²) in [6.45, 7) is 4.46. The van der Waals surface area contributed by atoms with Crippen molar-refractivity contribution in [1.82, 2.24) is 9.78 Å². The Balaban J connectivity index is 1.98. The van der Waals surface area contributed by atoms with Gasteiger partial charge in [-0.25, -0.2) is 0 Å². The summed E-state index contributed by atoms with van der Waals surface area (Å²) in [6, 6.07) is 0.666. The number of nitrogens with one attached hydrogen (secondary N) is 1. The molecular weight excluding hydrogens is 198 g/mol. The van der Waals surface area contributed by atoms with E-state index in [0.29, 0.717) is 6.04 Å². The third-order valence-electron chi connectivity index (χ3n) is 3.72. The number of aryl methyl sites for hydroxylation is 2. The predicted molar refractivity (Wildman–Crippen MR) is 67.6 cm³/mol. The largest absolute Gasteiger partial charge is 0.380 e. The fourth-order valence-corrected chi connectivity index (χ4v) is 2.71. The Hall–Kier alpha value is -0.990. The molecular formula is C13H23N3. The van der Waals surface area contributed by atoms with Crippen molar-refractivity contribution < 1.29 is 0 Å². The van der Waals surface area contributed by atoms with E-state index in [-0.39, 0.29) is 0 Å². The summed E-state index contributed by atoms with van der Waals surface area (Å²) in [5, 5.41) is 8.13. The van der Waals surface area contributed by atoms with Crippen LogP contribution in [0, 0.1) is 5.92 Å². The van der Waals surface area contributed by atoms with Crippen molar-refractivity contribution in [3.05, 3.63) is 11.9 Å². The monoisotopic (exact) mass is 221 g/mol. The average molecular weight is 221 g/mol. The van der Waals surface area contributed by atoms with Gasteiger partial charge in [-0.15, -0.1) is 0 Å². The normalized spacial score (nSPS) is 24.9. The van der Waals surface area contributed by atoms with Crippen LogP contribution in [-0.2, 0) is 13.5 Å². The van der Waals surface area contributed by atoms with Crippen molar-refractivity contribution in [2.45, 2.75) is 52.0 Å². The Morgan fingerprint density at radius 1 is 1.44 bits per heavy atom. The van der Waals surface area contributed by atoms with Crippen molar-refractivity contribution in [2.75, 3.05) is 5.32 Å². The summed E-state index contributed by atoms with van der Waals surface area (Å²) < 4.78 is 1.91. The standard InChI is InChI=1S/C13H23N3/c1-4-10-6-7-11(8-10)14-13-9-16(3)15-12(13)5-2/h9-11,14H,4-8H2,1-3H3. The van der Waals surface area contributed by atoms with Gasteiger partial charge in [0.25, 0.3) is 0 Å². The van der Waals surface area contributed by atoms with E-state index in [1.807, 2.05) is 11.7 Å². The highest BCUT2D eigenvalue weighted by molar-refractivity contribution is 5.47. The van der Waals surface area contributed by atoms with Crippen LogP contribution < -0.4 is 5.32 Å². The van der Waals surface area contributed by atoms with E-state index in [2.05, 4.69) is 30.5 Å². The topological polar surface area (TPSA) is 29.9 Å². The lowest BCUT2D eigenvalue weighted by atomic mass is 10.1. The molecule has 1 aromatic heterocycles. The first kappa shape index (κ1) is 11.5. The molecule has 1 saturated carbocycles. The van der Waals surface area contributed by atoms with Crippen LogP contribution >= 0.6 is 0 Å². The molecule has 0 aromatic carbocycles. The number of rotatable bonds is 4. The van der Waals surface area contributed by atoms with Gasteiger partial charge in [0.1, 0.15) is 0 Å². The summed E-state index contributed by atoms with van der Waals surface area (Å²) in [5.41, 5.74) is 2.44. The molecule has 0 saturated heterocycles. The Bertz CT molecular complexity index is 343. The zero-order chi connectivity index (χ0) is 11.5. The van der Waals surface area contributed by atoms with Crippen LogP contribution in [0.1, 0.15) is 45.2 Å². The Morgan fingerprint density at radius 2 is 2.25 bits per heavy atom. The molecule has 3 nitrogen and oxygen atoms in total. The highest BCUT2D eigenvalue weighted by atomic mass is 15.3. The maximum atomic E-state index is 4.46. The van der Waals surface area contributed by atoms with Crippen molar-refractivity contribution in [2.24, 2.45) is 13.0 Å².